The van der Waals surface area contributed by atoms with E-state index in [1.165, 1.54) is 0 Å². The van der Waals surface area contributed by atoms with E-state index in [2.05, 4.69) is 40.3 Å². The average Bonchev–Trinajstić information content (AvgIpc) is 2.94. The molecule has 2 rings (SSSR count). The van der Waals surface area contributed by atoms with Crippen molar-refractivity contribution in [3.05, 3.63) is 34.3 Å². The van der Waals surface area contributed by atoms with Crippen molar-refractivity contribution in [3.8, 4) is 0 Å². The lowest BCUT2D eigenvalue weighted by Gasteiger charge is -2.34. The average molecular weight is 328 g/mol. The number of hydrogen-bond donors (Lipinski definition) is 2. The summed E-state index contributed by atoms with van der Waals surface area (Å²) in [5, 5.41) is 13.4. The van der Waals surface area contributed by atoms with Crippen molar-refractivity contribution in [2.45, 2.75) is 37.8 Å². The van der Waals surface area contributed by atoms with Crippen molar-refractivity contribution >= 4 is 15.9 Å². The lowest BCUT2D eigenvalue weighted by molar-refractivity contribution is 0.0857. The minimum atomic E-state index is -0.379. The summed E-state index contributed by atoms with van der Waals surface area (Å²) in [5.74, 6) is 0. The molecule has 0 aromatic heterocycles. The number of hydrogen-bond acceptors (Lipinski definition) is 3. The van der Waals surface area contributed by atoms with Gasteiger partial charge in [-0.25, -0.2) is 0 Å². The number of nitrogens with one attached hydrogen (secondary N) is 1. The molecule has 1 aliphatic heterocycles. The quantitative estimate of drug-likeness (QED) is 0.844. The van der Waals surface area contributed by atoms with E-state index >= 15 is 0 Å². The minimum Gasteiger partial charge on any atom is -0.394 e. The Morgan fingerprint density at radius 2 is 2.37 bits per heavy atom. The molecule has 3 nitrogen and oxygen atoms in total. The van der Waals surface area contributed by atoms with Crippen LogP contribution in [0.3, 0.4) is 0 Å². The van der Waals surface area contributed by atoms with Crippen LogP contribution < -0.4 is 5.32 Å². The normalized spacial score (nSPS) is 22.4. The molecule has 1 fully saturated rings. The maximum atomic E-state index is 9.88. The zero-order valence-corrected chi connectivity index (χ0v) is 12.9. The Morgan fingerprint density at radius 1 is 1.53 bits per heavy atom. The maximum absolute atomic E-state index is 9.88. The number of halogens is 1. The van der Waals surface area contributed by atoms with Gasteiger partial charge in [-0.1, -0.05) is 35.0 Å². The fraction of sp³-hybridized carbons (Fsp3) is 0.600. The van der Waals surface area contributed by atoms with Gasteiger partial charge in [0.25, 0.3) is 0 Å². The van der Waals surface area contributed by atoms with Crippen LogP contribution in [0.5, 0.6) is 0 Å². The highest BCUT2D eigenvalue weighted by molar-refractivity contribution is 9.10. The Kier molecular flexibility index (Phi) is 5.39. The SMILES string of the molecule is CCC(CO)(NCC1CCCO1)c1cccc(Br)c1. The lowest BCUT2D eigenvalue weighted by atomic mass is 9.87. The van der Waals surface area contributed by atoms with Crippen molar-refractivity contribution in [2.75, 3.05) is 19.8 Å². The summed E-state index contributed by atoms with van der Waals surface area (Å²) in [6.45, 7) is 3.84. The van der Waals surface area contributed by atoms with Gasteiger partial charge in [0.05, 0.1) is 18.2 Å². The monoisotopic (exact) mass is 327 g/mol. The molecule has 1 saturated heterocycles. The Labute approximate surface area is 123 Å². The van der Waals surface area contributed by atoms with Crippen LogP contribution in [0.1, 0.15) is 31.7 Å². The maximum Gasteiger partial charge on any atom is 0.0700 e. The highest BCUT2D eigenvalue weighted by Crippen LogP contribution is 2.27. The molecule has 1 heterocycles. The molecule has 0 spiro atoms. The second-order valence-corrected chi connectivity index (χ2v) is 6.04. The van der Waals surface area contributed by atoms with E-state index in [1.807, 2.05) is 12.1 Å². The van der Waals surface area contributed by atoms with Gasteiger partial charge in [0.15, 0.2) is 0 Å². The summed E-state index contributed by atoms with van der Waals surface area (Å²) in [6, 6.07) is 8.14. The van der Waals surface area contributed by atoms with Crippen molar-refractivity contribution in [3.63, 3.8) is 0 Å². The van der Waals surface area contributed by atoms with E-state index in [0.717, 1.165) is 42.5 Å². The van der Waals surface area contributed by atoms with Crippen molar-refractivity contribution in [1.29, 1.82) is 0 Å². The smallest absolute Gasteiger partial charge is 0.0700 e. The van der Waals surface area contributed by atoms with E-state index < -0.39 is 0 Å². The summed E-state index contributed by atoms with van der Waals surface area (Å²) in [7, 11) is 0. The first-order valence-electron chi connectivity index (χ1n) is 6.94. The van der Waals surface area contributed by atoms with Gasteiger partial charge in [-0.2, -0.15) is 0 Å². The lowest BCUT2D eigenvalue weighted by Crippen LogP contribution is -2.48. The molecule has 0 saturated carbocycles. The van der Waals surface area contributed by atoms with Crippen LogP contribution in [0.25, 0.3) is 0 Å². The van der Waals surface area contributed by atoms with Gasteiger partial charge in [0.2, 0.25) is 0 Å². The predicted octanol–water partition coefficient (Wildman–Crippen LogP) is 2.82. The third kappa shape index (κ3) is 3.57. The predicted molar refractivity (Wildman–Crippen MR) is 80.2 cm³/mol. The van der Waals surface area contributed by atoms with Crippen LogP contribution in [0.4, 0.5) is 0 Å². The van der Waals surface area contributed by atoms with E-state index in [4.69, 9.17) is 4.74 Å². The van der Waals surface area contributed by atoms with Gasteiger partial charge in [0.1, 0.15) is 0 Å². The van der Waals surface area contributed by atoms with E-state index in [1.54, 1.807) is 0 Å². The van der Waals surface area contributed by atoms with Gasteiger partial charge < -0.3 is 15.2 Å². The topological polar surface area (TPSA) is 41.5 Å². The van der Waals surface area contributed by atoms with Crippen LogP contribution in [-0.4, -0.2) is 31.0 Å². The second kappa shape index (κ2) is 6.84. The Hall–Kier alpha value is -0.420. The zero-order chi connectivity index (χ0) is 13.7. The van der Waals surface area contributed by atoms with Gasteiger partial charge in [0, 0.05) is 17.6 Å². The van der Waals surface area contributed by atoms with Gasteiger partial charge in [-0.15, -0.1) is 0 Å². The molecule has 106 valence electrons. The highest BCUT2D eigenvalue weighted by Gasteiger charge is 2.30. The molecule has 19 heavy (non-hydrogen) atoms. The molecular formula is C15H22BrNO2. The van der Waals surface area contributed by atoms with Crippen molar-refractivity contribution < 1.29 is 9.84 Å². The molecule has 2 N–H and O–H groups in total. The molecular weight excluding hydrogens is 306 g/mol. The summed E-state index contributed by atoms with van der Waals surface area (Å²) in [6.07, 6.45) is 3.37. The van der Waals surface area contributed by atoms with E-state index in [-0.39, 0.29) is 18.2 Å². The van der Waals surface area contributed by atoms with Crippen LogP contribution in [0, 0.1) is 0 Å². The number of rotatable bonds is 6. The van der Waals surface area contributed by atoms with Crippen LogP contribution in [-0.2, 0) is 10.3 Å². The largest absolute Gasteiger partial charge is 0.394 e. The number of ether oxygens (including phenoxy) is 1. The second-order valence-electron chi connectivity index (χ2n) is 5.12. The zero-order valence-electron chi connectivity index (χ0n) is 11.4. The van der Waals surface area contributed by atoms with Gasteiger partial charge >= 0.3 is 0 Å². The van der Waals surface area contributed by atoms with Crippen molar-refractivity contribution in [1.82, 2.24) is 5.32 Å². The summed E-state index contributed by atoms with van der Waals surface area (Å²) in [5.41, 5.74) is 0.736. The number of aliphatic hydroxyl groups excluding tert-OH is 1. The van der Waals surface area contributed by atoms with E-state index in [9.17, 15) is 5.11 Å². The minimum absolute atomic E-state index is 0.0900. The summed E-state index contributed by atoms with van der Waals surface area (Å²) < 4.78 is 6.68. The fourth-order valence-corrected chi connectivity index (χ4v) is 2.99. The summed E-state index contributed by atoms with van der Waals surface area (Å²) in [4.78, 5) is 0. The Balaban J connectivity index is 2.11. The van der Waals surface area contributed by atoms with Gasteiger partial charge in [-0.05, 0) is 37.0 Å². The molecule has 1 aliphatic rings. The number of aliphatic hydroxyl groups is 1. The molecule has 4 heteroatoms. The Bertz CT molecular complexity index is 401. The first-order chi connectivity index (χ1) is 9.20. The third-order valence-electron chi connectivity index (χ3n) is 3.94. The molecule has 1 aromatic carbocycles. The van der Waals surface area contributed by atoms with Crippen LogP contribution >= 0.6 is 15.9 Å². The molecule has 0 bridgehead atoms. The van der Waals surface area contributed by atoms with Crippen LogP contribution in [0.15, 0.2) is 28.7 Å². The Morgan fingerprint density at radius 3 is 2.95 bits per heavy atom. The fourth-order valence-electron chi connectivity index (χ4n) is 2.59. The van der Waals surface area contributed by atoms with Gasteiger partial charge in [-0.3, -0.25) is 0 Å². The summed E-state index contributed by atoms with van der Waals surface area (Å²) >= 11 is 3.50. The first-order valence-corrected chi connectivity index (χ1v) is 7.73. The number of benzene rings is 1. The highest BCUT2D eigenvalue weighted by atomic mass is 79.9. The first kappa shape index (κ1) is 15.0. The molecule has 1 aromatic rings. The molecule has 0 amide bonds. The van der Waals surface area contributed by atoms with E-state index in [0.29, 0.717) is 0 Å². The molecule has 2 atom stereocenters. The molecule has 0 radical (unpaired) electrons. The third-order valence-corrected chi connectivity index (χ3v) is 4.44. The van der Waals surface area contributed by atoms with Crippen LogP contribution in [0.2, 0.25) is 0 Å². The molecule has 2 unspecified atom stereocenters. The van der Waals surface area contributed by atoms with Crippen molar-refractivity contribution in [2.24, 2.45) is 0 Å². The standard InChI is InChI=1S/C15H22BrNO2/c1-2-15(11-18,12-5-3-6-13(16)9-12)17-10-14-7-4-8-19-14/h3,5-6,9,14,17-18H,2,4,7-8,10-11H2,1H3. The molecule has 0 aliphatic carbocycles.